The molecule has 0 bridgehead atoms. The van der Waals surface area contributed by atoms with E-state index in [9.17, 15) is 14.4 Å². The molecule has 3 amide bonds. The molecule has 0 spiro atoms. The Kier molecular flexibility index (Phi) is 5.69. The van der Waals surface area contributed by atoms with Crippen LogP contribution in [0.3, 0.4) is 0 Å². The molecule has 29 heavy (non-hydrogen) atoms. The second-order valence-corrected chi connectivity index (χ2v) is 8.36. The summed E-state index contributed by atoms with van der Waals surface area (Å²) in [4.78, 5) is 42.2. The van der Waals surface area contributed by atoms with Crippen LogP contribution in [0.15, 0.2) is 53.4 Å². The molecule has 2 fully saturated rings. The molecule has 2 saturated heterocycles. The van der Waals surface area contributed by atoms with E-state index in [0.29, 0.717) is 37.6 Å². The van der Waals surface area contributed by atoms with Crippen molar-refractivity contribution < 1.29 is 19.1 Å². The van der Waals surface area contributed by atoms with Gasteiger partial charge in [-0.1, -0.05) is 29.8 Å². The standard InChI is InChI=1S/C22H22N2O4S/c1-15-6-8-16(9-7-15)24-20(25)14-19(22(24)27)29-18-5-3-2-4-17(18)21(26)23-10-12-28-13-11-23/h2-9,19H,10-14H2,1H3/t19-/m0/s1. The average Bonchev–Trinajstić information content (AvgIpc) is 3.02. The summed E-state index contributed by atoms with van der Waals surface area (Å²) < 4.78 is 5.32. The number of carbonyl (C=O) groups excluding carboxylic acids is 3. The topological polar surface area (TPSA) is 66.9 Å². The van der Waals surface area contributed by atoms with Gasteiger partial charge in [-0.25, -0.2) is 4.90 Å². The van der Waals surface area contributed by atoms with Crippen molar-refractivity contribution in [3.8, 4) is 0 Å². The summed E-state index contributed by atoms with van der Waals surface area (Å²) in [5.41, 5.74) is 2.22. The number of ether oxygens (including phenoxy) is 1. The Bertz CT molecular complexity index is 938. The smallest absolute Gasteiger partial charge is 0.255 e. The second kappa shape index (κ2) is 8.39. The van der Waals surface area contributed by atoms with Crippen molar-refractivity contribution in [1.29, 1.82) is 0 Å². The van der Waals surface area contributed by atoms with Crippen LogP contribution in [0, 0.1) is 6.92 Å². The Labute approximate surface area is 173 Å². The van der Waals surface area contributed by atoms with E-state index < -0.39 is 5.25 Å². The molecule has 2 heterocycles. The number of nitrogens with zero attached hydrogens (tertiary/aromatic N) is 2. The number of hydrogen-bond donors (Lipinski definition) is 0. The lowest BCUT2D eigenvalue weighted by Crippen LogP contribution is -2.40. The molecule has 0 aliphatic carbocycles. The minimum Gasteiger partial charge on any atom is -0.378 e. The molecule has 2 aromatic rings. The monoisotopic (exact) mass is 410 g/mol. The van der Waals surface area contributed by atoms with Crippen LogP contribution in [0.25, 0.3) is 0 Å². The summed E-state index contributed by atoms with van der Waals surface area (Å²) in [5, 5.41) is -0.539. The molecule has 0 saturated carbocycles. The van der Waals surface area contributed by atoms with Crippen LogP contribution in [0.4, 0.5) is 5.69 Å². The van der Waals surface area contributed by atoms with E-state index in [1.54, 1.807) is 23.1 Å². The first-order valence-electron chi connectivity index (χ1n) is 9.61. The molecule has 7 heteroatoms. The van der Waals surface area contributed by atoms with Gasteiger partial charge in [0.15, 0.2) is 0 Å². The van der Waals surface area contributed by atoms with Crippen molar-refractivity contribution in [1.82, 2.24) is 4.90 Å². The molecule has 4 rings (SSSR count). The first kappa shape index (κ1) is 19.7. The molecular weight excluding hydrogens is 388 g/mol. The highest BCUT2D eigenvalue weighted by Crippen LogP contribution is 2.36. The third-order valence-electron chi connectivity index (χ3n) is 5.08. The first-order chi connectivity index (χ1) is 14.0. The van der Waals surface area contributed by atoms with Crippen molar-refractivity contribution in [3.63, 3.8) is 0 Å². The molecule has 0 aromatic heterocycles. The average molecular weight is 410 g/mol. The number of rotatable bonds is 4. The lowest BCUT2D eigenvalue weighted by atomic mass is 10.2. The maximum atomic E-state index is 13.0. The van der Waals surface area contributed by atoms with Crippen LogP contribution in [0.1, 0.15) is 22.3 Å². The number of aryl methyl sites for hydroxylation is 1. The molecule has 0 unspecified atom stereocenters. The summed E-state index contributed by atoms with van der Waals surface area (Å²) in [6.07, 6.45) is 0.122. The molecule has 150 valence electrons. The fourth-order valence-electron chi connectivity index (χ4n) is 3.50. The highest BCUT2D eigenvalue weighted by molar-refractivity contribution is 8.00. The summed E-state index contributed by atoms with van der Waals surface area (Å²) in [6, 6.07) is 14.6. The fourth-order valence-corrected chi connectivity index (χ4v) is 4.68. The molecule has 2 aliphatic heterocycles. The van der Waals surface area contributed by atoms with Gasteiger partial charge < -0.3 is 9.64 Å². The molecule has 2 aliphatic rings. The molecular formula is C22H22N2O4S. The van der Waals surface area contributed by atoms with Gasteiger partial charge in [-0.15, -0.1) is 11.8 Å². The van der Waals surface area contributed by atoms with Crippen molar-refractivity contribution in [2.75, 3.05) is 31.2 Å². The predicted molar refractivity (Wildman–Crippen MR) is 111 cm³/mol. The minimum absolute atomic E-state index is 0.0661. The van der Waals surface area contributed by atoms with Crippen LogP contribution in [0.5, 0.6) is 0 Å². The Hall–Kier alpha value is -2.64. The molecule has 0 N–H and O–H groups in total. The third kappa shape index (κ3) is 4.06. The van der Waals surface area contributed by atoms with Crippen LogP contribution >= 0.6 is 11.8 Å². The Morgan fingerprint density at radius 2 is 1.72 bits per heavy atom. The predicted octanol–water partition coefficient (Wildman–Crippen LogP) is 2.89. The fraction of sp³-hybridized carbons (Fsp3) is 0.318. The molecule has 0 radical (unpaired) electrons. The summed E-state index contributed by atoms with van der Waals surface area (Å²) in [5.74, 6) is -0.519. The zero-order valence-corrected chi connectivity index (χ0v) is 17.0. The van der Waals surface area contributed by atoms with Gasteiger partial charge in [-0.05, 0) is 31.2 Å². The molecule has 6 nitrogen and oxygen atoms in total. The first-order valence-corrected chi connectivity index (χ1v) is 10.5. The maximum Gasteiger partial charge on any atom is 0.255 e. The van der Waals surface area contributed by atoms with Crippen LogP contribution in [0.2, 0.25) is 0 Å². The lowest BCUT2D eigenvalue weighted by molar-refractivity contribution is -0.121. The van der Waals surface area contributed by atoms with Gasteiger partial charge in [0.25, 0.3) is 5.91 Å². The summed E-state index contributed by atoms with van der Waals surface area (Å²) in [6.45, 7) is 4.13. The number of carbonyl (C=O) groups is 3. The number of morpholine rings is 1. The number of anilines is 1. The highest BCUT2D eigenvalue weighted by atomic mass is 32.2. The zero-order chi connectivity index (χ0) is 20.4. The van der Waals surface area contributed by atoms with Crippen LogP contribution in [-0.4, -0.2) is 54.2 Å². The van der Waals surface area contributed by atoms with Gasteiger partial charge in [-0.2, -0.15) is 0 Å². The van der Waals surface area contributed by atoms with Crippen LogP contribution in [-0.2, 0) is 14.3 Å². The summed E-state index contributed by atoms with van der Waals surface area (Å²) >= 11 is 1.29. The van der Waals surface area contributed by atoms with E-state index in [0.717, 1.165) is 10.5 Å². The highest BCUT2D eigenvalue weighted by Gasteiger charge is 2.40. The van der Waals surface area contributed by atoms with Gasteiger partial charge in [0.1, 0.15) is 0 Å². The third-order valence-corrected chi connectivity index (χ3v) is 6.35. The lowest BCUT2D eigenvalue weighted by Gasteiger charge is -2.27. The van der Waals surface area contributed by atoms with Gasteiger partial charge in [0.05, 0.1) is 29.7 Å². The SMILES string of the molecule is Cc1ccc(N2C(=O)C[C@H](Sc3ccccc3C(=O)N3CCOCC3)C2=O)cc1. The van der Waals surface area contributed by atoms with Crippen molar-refractivity contribution in [3.05, 3.63) is 59.7 Å². The minimum atomic E-state index is -0.539. The maximum absolute atomic E-state index is 13.0. The summed E-state index contributed by atoms with van der Waals surface area (Å²) in [7, 11) is 0. The number of imide groups is 1. The number of amides is 3. The van der Waals surface area contributed by atoms with Crippen LogP contribution < -0.4 is 4.90 Å². The zero-order valence-electron chi connectivity index (χ0n) is 16.2. The Balaban J connectivity index is 1.54. The van der Waals surface area contributed by atoms with Crippen molar-refractivity contribution in [2.45, 2.75) is 23.5 Å². The normalized spacial score (nSPS) is 19.7. The number of hydrogen-bond acceptors (Lipinski definition) is 5. The molecule has 2 aromatic carbocycles. The quantitative estimate of drug-likeness (QED) is 0.725. The Morgan fingerprint density at radius 1 is 1.03 bits per heavy atom. The van der Waals surface area contributed by atoms with Gasteiger partial charge in [0.2, 0.25) is 11.8 Å². The second-order valence-electron chi connectivity index (χ2n) is 7.11. The number of thioether (sulfide) groups is 1. The van der Waals surface area contributed by atoms with Crippen molar-refractivity contribution >= 4 is 35.2 Å². The van der Waals surface area contributed by atoms with E-state index in [1.165, 1.54) is 16.7 Å². The van der Waals surface area contributed by atoms with E-state index in [2.05, 4.69) is 0 Å². The van der Waals surface area contributed by atoms with Gasteiger partial charge in [0, 0.05) is 24.4 Å². The van der Waals surface area contributed by atoms with Gasteiger partial charge in [-0.3, -0.25) is 14.4 Å². The van der Waals surface area contributed by atoms with E-state index in [4.69, 9.17) is 4.74 Å². The van der Waals surface area contributed by atoms with Gasteiger partial charge >= 0.3 is 0 Å². The Morgan fingerprint density at radius 3 is 2.45 bits per heavy atom. The van der Waals surface area contributed by atoms with E-state index >= 15 is 0 Å². The van der Waals surface area contributed by atoms with E-state index in [1.807, 2.05) is 37.3 Å². The van der Waals surface area contributed by atoms with Crippen molar-refractivity contribution in [2.24, 2.45) is 0 Å². The van der Waals surface area contributed by atoms with E-state index in [-0.39, 0.29) is 24.1 Å². The number of benzene rings is 2. The molecule has 1 atom stereocenters. The largest absolute Gasteiger partial charge is 0.378 e.